The first-order chi connectivity index (χ1) is 8.85. The van der Waals surface area contributed by atoms with Crippen LogP contribution in [0.25, 0.3) is 6.08 Å². The van der Waals surface area contributed by atoms with E-state index in [4.69, 9.17) is 9.84 Å². The maximum absolute atomic E-state index is 14.1. The largest absolute Gasteiger partial charge is 0.481 e. The van der Waals surface area contributed by atoms with Crippen LogP contribution in [-0.4, -0.2) is 29.5 Å². The number of ether oxygens (including phenoxy) is 1. The Kier molecular flexibility index (Phi) is 3.30. The third-order valence-electron chi connectivity index (χ3n) is 3.06. The Morgan fingerprint density at radius 2 is 2.21 bits per heavy atom. The Hall–Kier alpha value is -1.91. The van der Waals surface area contributed by atoms with Gasteiger partial charge in [0, 0.05) is 5.56 Å². The molecule has 5 heteroatoms. The first kappa shape index (κ1) is 13.5. The fourth-order valence-corrected chi connectivity index (χ4v) is 2.01. The molecule has 1 aliphatic heterocycles. The van der Waals surface area contributed by atoms with Gasteiger partial charge in [-0.3, -0.25) is 0 Å². The van der Waals surface area contributed by atoms with Crippen molar-refractivity contribution in [2.45, 2.75) is 25.6 Å². The standard InChI is InChI=1S/C14H14F2O3/c1-8-3-4-11-9(5-8)6-10(13(17)18)12(19-11)14(2,16)7-15/h3-6,12H,7H2,1-2H3,(H,17,18). The van der Waals surface area contributed by atoms with Crippen molar-refractivity contribution in [1.29, 1.82) is 0 Å². The number of fused-ring (bicyclic) bond motifs is 1. The normalized spacial score (nSPS) is 20.8. The molecule has 1 aromatic rings. The van der Waals surface area contributed by atoms with Crippen molar-refractivity contribution in [2.24, 2.45) is 0 Å². The Labute approximate surface area is 109 Å². The van der Waals surface area contributed by atoms with Crippen LogP contribution in [0.15, 0.2) is 23.8 Å². The van der Waals surface area contributed by atoms with Crippen molar-refractivity contribution in [3.8, 4) is 5.75 Å². The minimum Gasteiger partial charge on any atom is -0.481 e. The number of aliphatic carboxylic acids is 1. The van der Waals surface area contributed by atoms with Crippen LogP contribution in [0.3, 0.4) is 0 Å². The zero-order valence-corrected chi connectivity index (χ0v) is 10.6. The minimum absolute atomic E-state index is 0.277. The summed E-state index contributed by atoms with van der Waals surface area (Å²) < 4.78 is 32.2. The first-order valence-electron chi connectivity index (χ1n) is 5.82. The van der Waals surface area contributed by atoms with Gasteiger partial charge in [-0.1, -0.05) is 11.6 Å². The van der Waals surface area contributed by atoms with Gasteiger partial charge in [-0.25, -0.2) is 13.6 Å². The molecular formula is C14H14F2O3. The summed E-state index contributed by atoms with van der Waals surface area (Å²) >= 11 is 0. The number of carboxylic acids is 1. The predicted octanol–water partition coefficient (Wildman–Crippen LogP) is 2.92. The number of carbonyl (C=O) groups is 1. The van der Waals surface area contributed by atoms with Crippen molar-refractivity contribution < 1.29 is 23.4 Å². The average molecular weight is 268 g/mol. The van der Waals surface area contributed by atoms with Gasteiger partial charge in [-0.05, 0) is 32.1 Å². The Bertz CT molecular complexity index is 550. The molecule has 3 nitrogen and oxygen atoms in total. The molecule has 0 saturated carbocycles. The lowest BCUT2D eigenvalue weighted by Gasteiger charge is -2.32. The van der Waals surface area contributed by atoms with Gasteiger partial charge in [0.1, 0.15) is 12.4 Å². The lowest BCUT2D eigenvalue weighted by atomic mass is 9.91. The molecule has 0 aromatic heterocycles. The number of halogens is 2. The zero-order chi connectivity index (χ0) is 14.2. The van der Waals surface area contributed by atoms with Crippen molar-refractivity contribution in [1.82, 2.24) is 0 Å². The van der Waals surface area contributed by atoms with E-state index in [9.17, 15) is 13.6 Å². The number of benzene rings is 1. The summed E-state index contributed by atoms with van der Waals surface area (Å²) in [6.07, 6.45) is -0.114. The van der Waals surface area contributed by atoms with Crippen molar-refractivity contribution in [3.63, 3.8) is 0 Å². The fourth-order valence-electron chi connectivity index (χ4n) is 2.01. The molecule has 102 valence electrons. The zero-order valence-electron chi connectivity index (χ0n) is 10.6. The molecular weight excluding hydrogens is 254 g/mol. The van der Waals surface area contributed by atoms with Crippen LogP contribution in [0.4, 0.5) is 8.78 Å². The van der Waals surface area contributed by atoms with Crippen LogP contribution in [0.1, 0.15) is 18.1 Å². The first-order valence-corrected chi connectivity index (χ1v) is 5.82. The van der Waals surface area contributed by atoms with Crippen LogP contribution in [0, 0.1) is 6.92 Å². The highest BCUT2D eigenvalue weighted by Gasteiger charge is 2.43. The highest BCUT2D eigenvalue weighted by molar-refractivity contribution is 5.95. The molecule has 19 heavy (non-hydrogen) atoms. The molecule has 0 spiro atoms. The summed E-state index contributed by atoms with van der Waals surface area (Å²) in [5.74, 6) is -0.951. The highest BCUT2D eigenvalue weighted by Crippen LogP contribution is 2.36. The molecule has 1 aliphatic rings. The van der Waals surface area contributed by atoms with E-state index in [1.165, 1.54) is 6.08 Å². The van der Waals surface area contributed by atoms with E-state index >= 15 is 0 Å². The quantitative estimate of drug-likeness (QED) is 0.916. The summed E-state index contributed by atoms with van der Waals surface area (Å²) in [4.78, 5) is 11.2. The minimum atomic E-state index is -2.38. The third kappa shape index (κ3) is 2.45. The Morgan fingerprint density at radius 3 is 2.79 bits per heavy atom. The molecule has 1 aromatic carbocycles. The van der Waals surface area contributed by atoms with Gasteiger partial charge in [0.15, 0.2) is 11.8 Å². The lowest BCUT2D eigenvalue weighted by Crippen LogP contribution is -2.45. The van der Waals surface area contributed by atoms with Crippen LogP contribution in [0.5, 0.6) is 5.75 Å². The van der Waals surface area contributed by atoms with E-state index < -0.39 is 24.4 Å². The van der Waals surface area contributed by atoms with E-state index in [0.29, 0.717) is 11.3 Å². The fraction of sp³-hybridized carbons (Fsp3) is 0.357. The Morgan fingerprint density at radius 1 is 1.53 bits per heavy atom. The van der Waals surface area contributed by atoms with Gasteiger partial charge in [-0.15, -0.1) is 0 Å². The Balaban J connectivity index is 2.52. The lowest BCUT2D eigenvalue weighted by molar-refractivity contribution is -0.134. The second-order valence-corrected chi connectivity index (χ2v) is 4.86. The number of hydrogen-bond acceptors (Lipinski definition) is 2. The van der Waals surface area contributed by atoms with Gasteiger partial charge in [0.2, 0.25) is 0 Å². The number of alkyl halides is 2. The molecule has 2 rings (SSSR count). The monoisotopic (exact) mass is 268 g/mol. The summed E-state index contributed by atoms with van der Waals surface area (Å²) in [7, 11) is 0. The van der Waals surface area contributed by atoms with Gasteiger partial charge in [0.25, 0.3) is 0 Å². The second-order valence-electron chi connectivity index (χ2n) is 4.86. The summed E-state index contributed by atoms with van der Waals surface area (Å²) in [5, 5.41) is 9.12. The molecule has 0 bridgehead atoms. The van der Waals surface area contributed by atoms with Crippen LogP contribution >= 0.6 is 0 Å². The highest BCUT2D eigenvalue weighted by atomic mass is 19.2. The van der Waals surface area contributed by atoms with Crippen LogP contribution < -0.4 is 4.74 Å². The van der Waals surface area contributed by atoms with Gasteiger partial charge in [0.05, 0.1) is 5.57 Å². The molecule has 0 saturated heterocycles. The van der Waals surface area contributed by atoms with Crippen molar-refractivity contribution in [3.05, 3.63) is 34.9 Å². The average Bonchev–Trinajstić information content (AvgIpc) is 2.36. The predicted molar refractivity (Wildman–Crippen MR) is 66.7 cm³/mol. The molecule has 2 atom stereocenters. The molecule has 0 fully saturated rings. The third-order valence-corrected chi connectivity index (χ3v) is 3.06. The SMILES string of the molecule is Cc1ccc2c(c1)C=C(C(=O)O)C(C(C)(F)CF)O2. The number of hydrogen-bond donors (Lipinski definition) is 1. The summed E-state index contributed by atoms with van der Waals surface area (Å²) in [5.41, 5.74) is -1.17. The molecule has 0 amide bonds. The molecule has 0 aliphatic carbocycles. The van der Waals surface area contributed by atoms with E-state index in [1.54, 1.807) is 18.2 Å². The topological polar surface area (TPSA) is 46.5 Å². The van der Waals surface area contributed by atoms with E-state index in [0.717, 1.165) is 12.5 Å². The number of carboxylic acid groups (broad SMARTS) is 1. The smallest absolute Gasteiger partial charge is 0.335 e. The maximum atomic E-state index is 14.1. The summed E-state index contributed by atoms with van der Waals surface area (Å²) in [6, 6.07) is 5.13. The van der Waals surface area contributed by atoms with Gasteiger partial charge < -0.3 is 9.84 Å². The number of rotatable bonds is 3. The second kappa shape index (κ2) is 4.64. The molecule has 2 unspecified atom stereocenters. The van der Waals surface area contributed by atoms with Gasteiger partial charge in [-0.2, -0.15) is 0 Å². The molecule has 1 N–H and O–H groups in total. The maximum Gasteiger partial charge on any atom is 0.335 e. The summed E-state index contributed by atoms with van der Waals surface area (Å²) in [6.45, 7) is 1.53. The van der Waals surface area contributed by atoms with Crippen LogP contribution in [0.2, 0.25) is 0 Å². The van der Waals surface area contributed by atoms with Gasteiger partial charge >= 0.3 is 5.97 Å². The van der Waals surface area contributed by atoms with E-state index in [2.05, 4.69) is 0 Å². The number of aryl methyl sites for hydroxylation is 1. The van der Waals surface area contributed by atoms with Crippen molar-refractivity contribution >= 4 is 12.0 Å². The molecule has 0 radical (unpaired) electrons. The van der Waals surface area contributed by atoms with E-state index in [-0.39, 0.29) is 5.57 Å². The van der Waals surface area contributed by atoms with E-state index in [1.807, 2.05) is 6.92 Å². The van der Waals surface area contributed by atoms with Crippen molar-refractivity contribution in [2.75, 3.05) is 6.67 Å². The molecule has 1 heterocycles. The van der Waals surface area contributed by atoms with Crippen LogP contribution in [-0.2, 0) is 4.79 Å².